The maximum absolute atomic E-state index is 14.5. The van der Waals surface area contributed by atoms with Gasteiger partial charge < -0.3 is 4.42 Å². The van der Waals surface area contributed by atoms with Crippen LogP contribution in [0.2, 0.25) is 0 Å². The summed E-state index contributed by atoms with van der Waals surface area (Å²) in [5, 5.41) is 0.0913. The number of thiol groups is 1. The van der Waals surface area contributed by atoms with E-state index in [9.17, 15) is 9.18 Å². The Morgan fingerprint density at radius 2 is 2.15 bits per heavy atom. The first kappa shape index (κ1) is 17.5. The normalized spacial score (nSPS) is 23.9. The maximum atomic E-state index is 14.5. The van der Waals surface area contributed by atoms with Gasteiger partial charge in [0.1, 0.15) is 11.6 Å². The number of piperidine rings is 1. The van der Waals surface area contributed by atoms with E-state index in [0.717, 1.165) is 24.8 Å². The van der Waals surface area contributed by atoms with Gasteiger partial charge in [0.2, 0.25) is 0 Å². The molecule has 2 atom stereocenters. The molecule has 26 heavy (non-hydrogen) atoms. The summed E-state index contributed by atoms with van der Waals surface area (Å²) in [6.45, 7) is 1.27. The van der Waals surface area contributed by atoms with Gasteiger partial charge in [-0.15, -0.1) is 0 Å². The van der Waals surface area contributed by atoms with E-state index in [2.05, 4.69) is 22.5 Å². The summed E-state index contributed by atoms with van der Waals surface area (Å²) in [5.41, 5.74) is 1.53. The highest BCUT2D eigenvalue weighted by Gasteiger charge is 2.40. The summed E-state index contributed by atoms with van der Waals surface area (Å²) in [5.74, 6) is 0.541. The Hall–Kier alpha value is -1.92. The number of ketones is 1. The third-order valence-corrected chi connectivity index (χ3v) is 5.69. The molecule has 1 saturated heterocycles. The molecule has 6 heteroatoms. The zero-order valence-corrected chi connectivity index (χ0v) is 15.2. The van der Waals surface area contributed by atoms with Crippen molar-refractivity contribution in [3.63, 3.8) is 0 Å². The van der Waals surface area contributed by atoms with E-state index < -0.39 is 6.04 Å². The van der Waals surface area contributed by atoms with Gasteiger partial charge in [-0.1, -0.05) is 18.2 Å². The Morgan fingerprint density at radius 3 is 2.85 bits per heavy atom. The largest absolute Gasteiger partial charge is 0.444 e. The first-order chi connectivity index (χ1) is 12.6. The summed E-state index contributed by atoms with van der Waals surface area (Å²) < 4.78 is 19.8. The molecule has 0 bridgehead atoms. The summed E-state index contributed by atoms with van der Waals surface area (Å²) in [6.07, 6.45) is 7.58. The van der Waals surface area contributed by atoms with Crippen LogP contribution in [-0.4, -0.2) is 34.0 Å². The number of oxazole rings is 1. The molecule has 2 fully saturated rings. The van der Waals surface area contributed by atoms with Gasteiger partial charge in [0.15, 0.2) is 12.2 Å². The lowest BCUT2D eigenvalue weighted by molar-refractivity contribution is -0.126. The van der Waals surface area contributed by atoms with Crippen molar-refractivity contribution in [2.24, 2.45) is 5.92 Å². The molecule has 1 saturated carbocycles. The lowest BCUT2D eigenvalue weighted by Gasteiger charge is -2.37. The first-order valence-electron chi connectivity index (χ1n) is 8.92. The van der Waals surface area contributed by atoms with Gasteiger partial charge in [-0.3, -0.25) is 9.69 Å². The molecule has 4 nitrogen and oxygen atoms in total. The topological polar surface area (TPSA) is 46.3 Å². The zero-order chi connectivity index (χ0) is 18.1. The lowest BCUT2D eigenvalue weighted by atomic mass is 9.93. The highest BCUT2D eigenvalue weighted by atomic mass is 32.1. The minimum atomic E-state index is -0.539. The molecule has 0 radical (unpaired) electrons. The van der Waals surface area contributed by atoms with Crippen LogP contribution in [0, 0.1) is 11.7 Å². The molecule has 0 spiro atoms. The van der Waals surface area contributed by atoms with Gasteiger partial charge >= 0.3 is 0 Å². The quantitative estimate of drug-likeness (QED) is 0.808. The predicted octanol–water partition coefficient (Wildman–Crippen LogP) is 3.92. The summed E-state index contributed by atoms with van der Waals surface area (Å²) in [7, 11) is 0. The second-order valence-electron chi connectivity index (χ2n) is 7.00. The fourth-order valence-electron chi connectivity index (χ4n) is 3.55. The van der Waals surface area contributed by atoms with Gasteiger partial charge in [-0.05, 0) is 37.0 Å². The van der Waals surface area contributed by atoms with Crippen molar-refractivity contribution in [1.29, 1.82) is 0 Å². The van der Waals surface area contributed by atoms with Crippen LogP contribution in [0.3, 0.4) is 0 Å². The minimum absolute atomic E-state index is 0.0648. The Bertz CT molecular complexity index is 817. The lowest BCUT2D eigenvalue weighted by Crippen LogP contribution is -2.42. The number of halogens is 1. The highest BCUT2D eigenvalue weighted by molar-refractivity contribution is 7.81. The third-order valence-electron chi connectivity index (χ3n) is 5.10. The smallest absolute Gasteiger partial charge is 0.181 e. The van der Waals surface area contributed by atoms with Crippen LogP contribution in [0.4, 0.5) is 4.39 Å². The molecule has 0 amide bonds. The fourth-order valence-corrected chi connectivity index (χ4v) is 3.82. The number of carbonyl (C=O) groups excluding carboxylic acids is 1. The van der Waals surface area contributed by atoms with Gasteiger partial charge in [-0.25, -0.2) is 9.37 Å². The van der Waals surface area contributed by atoms with Gasteiger partial charge in [0.25, 0.3) is 0 Å². The first-order valence-corrected chi connectivity index (χ1v) is 9.44. The molecule has 1 aliphatic carbocycles. The fraction of sp³-hybridized carbons (Fsp3) is 0.400. The van der Waals surface area contributed by atoms with Crippen molar-refractivity contribution in [3.05, 3.63) is 59.6 Å². The summed E-state index contributed by atoms with van der Waals surface area (Å²) in [4.78, 5) is 19.0. The van der Waals surface area contributed by atoms with Crippen LogP contribution in [0.1, 0.15) is 36.6 Å². The van der Waals surface area contributed by atoms with Crippen LogP contribution < -0.4 is 0 Å². The molecule has 2 aromatic rings. The summed E-state index contributed by atoms with van der Waals surface area (Å²) in [6, 6.07) is 6.07. The standard InChI is InChI=1S/C20H21FN2O2S/c21-17-4-2-1-3-16(17)19(20(24)13-5-6-13)23-8-7-18(26)14(11-23)9-15-10-22-12-25-15/h1-4,9-10,12-13,18-19,26H,5-8,11H2. The van der Waals surface area contributed by atoms with Crippen molar-refractivity contribution in [2.75, 3.05) is 13.1 Å². The van der Waals surface area contributed by atoms with Crippen molar-refractivity contribution < 1.29 is 13.6 Å². The Kier molecular flexibility index (Phi) is 4.96. The van der Waals surface area contributed by atoms with Gasteiger partial charge in [0.05, 0.1) is 12.2 Å². The molecule has 0 N–H and O–H groups in total. The number of benzene rings is 1. The zero-order valence-electron chi connectivity index (χ0n) is 14.3. The number of aromatic nitrogens is 1. The van der Waals surface area contributed by atoms with Crippen LogP contribution in [0.15, 0.2) is 46.8 Å². The second kappa shape index (κ2) is 7.37. The summed E-state index contributed by atoms with van der Waals surface area (Å²) >= 11 is 4.67. The van der Waals surface area contributed by atoms with E-state index in [-0.39, 0.29) is 22.8 Å². The number of carbonyl (C=O) groups is 1. The van der Waals surface area contributed by atoms with Crippen LogP contribution in [0.25, 0.3) is 6.08 Å². The van der Waals surface area contributed by atoms with E-state index >= 15 is 0 Å². The van der Waals surface area contributed by atoms with Crippen molar-refractivity contribution in [3.8, 4) is 0 Å². The van der Waals surface area contributed by atoms with E-state index in [1.165, 1.54) is 12.5 Å². The third kappa shape index (κ3) is 3.62. The van der Waals surface area contributed by atoms with E-state index in [4.69, 9.17) is 4.42 Å². The Morgan fingerprint density at radius 1 is 1.35 bits per heavy atom. The van der Waals surface area contributed by atoms with Crippen LogP contribution in [-0.2, 0) is 4.79 Å². The van der Waals surface area contributed by atoms with Crippen molar-refractivity contribution >= 4 is 24.5 Å². The van der Waals surface area contributed by atoms with Crippen LogP contribution in [0.5, 0.6) is 0 Å². The molecule has 1 aliphatic heterocycles. The second-order valence-corrected chi connectivity index (χ2v) is 7.62. The number of hydrogen-bond donors (Lipinski definition) is 1. The van der Waals surface area contributed by atoms with Crippen LogP contribution >= 0.6 is 12.6 Å². The molecular weight excluding hydrogens is 351 g/mol. The van der Waals surface area contributed by atoms with E-state index in [0.29, 0.717) is 24.4 Å². The molecule has 136 valence electrons. The molecule has 4 rings (SSSR count). The predicted molar refractivity (Wildman–Crippen MR) is 100 cm³/mol. The highest BCUT2D eigenvalue weighted by Crippen LogP contribution is 2.39. The molecular formula is C20H21FN2O2S. The average Bonchev–Trinajstić information content (AvgIpc) is 3.37. The van der Waals surface area contributed by atoms with E-state index in [1.807, 2.05) is 6.08 Å². The Balaban J connectivity index is 1.65. The molecule has 2 heterocycles. The Labute approximate surface area is 157 Å². The maximum Gasteiger partial charge on any atom is 0.181 e. The average molecular weight is 372 g/mol. The molecule has 2 aliphatic rings. The minimum Gasteiger partial charge on any atom is -0.444 e. The molecule has 1 aromatic carbocycles. The van der Waals surface area contributed by atoms with Crippen molar-refractivity contribution in [1.82, 2.24) is 9.88 Å². The molecule has 1 aromatic heterocycles. The number of likely N-dealkylation sites (tertiary alicyclic amines) is 1. The monoisotopic (exact) mass is 372 g/mol. The van der Waals surface area contributed by atoms with E-state index in [1.54, 1.807) is 24.4 Å². The van der Waals surface area contributed by atoms with Gasteiger partial charge in [-0.2, -0.15) is 12.6 Å². The van der Waals surface area contributed by atoms with Crippen molar-refractivity contribution in [2.45, 2.75) is 30.6 Å². The molecule has 2 unspecified atom stereocenters. The number of rotatable bonds is 5. The number of hydrogen-bond acceptors (Lipinski definition) is 5. The number of Topliss-reactive ketones (excluding diaryl/α,β-unsaturated/α-hetero) is 1. The number of nitrogens with zero attached hydrogens (tertiary/aromatic N) is 2. The van der Waals surface area contributed by atoms with Gasteiger partial charge in [0, 0.05) is 29.8 Å². The SMILES string of the molecule is O=C(C1CC1)C(c1ccccc1F)N1CCC(S)C(=Cc2cnco2)C1.